The molecule has 0 atom stereocenters. The fourth-order valence-corrected chi connectivity index (χ4v) is 2.95. The summed E-state index contributed by atoms with van der Waals surface area (Å²) in [7, 11) is 1.49. The van der Waals surface area contributed by atoms with E-state index in [1.165, 1.54) is 22.7 Å². The Morgan fingerprint density at radius 3 is 2.71 bits per heavy atom. The molecule has 2 aromatic carbocycles. The van der Waals surface area contributed by atoms with Gasteiger partial charge in [-0.15, -0.1) is 11.8 Å². The molecule has 0 saturated carbocycles. The molecule has 0 aromatic heterocycles. The van der Waals surface area contributed by atoms with Gasteiger partial charge in [0.05, 0.1) is 11.0 Å². The van der Waals surface area contributed by atoms with Crippen LogP contribution in [0.2, 0.25) is 0 Å². The van der Waals surface area contributed by atoms with Crippen molar-refractivity contribution < 1.29 is 9.63 Å². The molecule has 0 saturated heterocycles. The molecule has 0 bridgehead atoms. The summed E-state index contributed by atoms with van der Waals surface area (Å²) >= 11 is 1.67. The molecule has 110 valence electrons. The van der Waals surface area contributed by atoms with E-state index in [2.05, 4.69) is 39.6 Å². The Morgan fingerprint density at radius 2 is 1.95 bits per heavy atom. The van der Waals surface area contributed by atoms with E-state index in [0.29, 0.717) is 0 Å². The fraction of sp³-hybridized carbons (Fsp3) is 0.250. The van der Waals surface area contributed by atoms with Crippen LogP contribution in [0.1, 0.15) is 13.8 Å². The Kier molecular flexibility index (Phi) is 4.85. The summed E-state index contributed by atoms with van der Waals surface area (Å²) in [5.74, 6) is 0. The maximum Gasteiger partial charge on any atom is 0.433 e. The Balaban J connectivity index is 2.16. The minimum absolute atomic E-state index is 0.294. The van der Waals surface area contributed by atoms with Crippen molar-refractivity contribution in [1.29, 1.82) is 0 Å². The lowest BCUT2D eigenvalue weighted by Crippen LogP contribution is -2.20. The van der Waals surface area contributed by atoms with Gasteiger partial charge < -0.3 is 5.32 Å². The molecule has 0 aliphatic heterocycles. The molecule has 0 unspecified atom stereocenters. The minimum atomic E-state index is -0.572. The number of nitrogens with zero attached hydrogens (tertiary/aromatic N) is 1. The van der Waals surface area contributed by atoms with E-state index in [0.717, 1.165) is 0 Å². The third-order valence-corrected chi connectivity index (χ3v) is 4.03. The molecule has 1 N–H and O–H groups in total. The van der Waals surface area contributed by atoms with Crippen molar-refractivity contribution in [2.45, 2.75) is 23.5 Å². The number of oxime groups is 1. The van der Waals surface area contributed by atoms with Gasteiger partial charge in [-0.05, 0) is 30.7 Å². The highest BCUT2D eigenvalue weighted by Gasteiger charge is 2.18. The summed E-state index contributed by atoms with van der Waals surface area (Å²) in [5.41, 5.74) is 0. The molecule has 5 heteroatoms. The van der Waals surface area contributed by atoms with Gasteiger partial charge in [0.1, 0.15) is 0 Å². The zero-order valence-electron chi connectivity index (χ0n) is 12.3. The number of nitrogens with one attached hydrogen (secondary N) is 1. The first kappa shape index (κ1) is 15.4. The smallest absolute Gasteiger partial charge is 0.323 e. The average Bonchev–Trinajstić information content (AvgIpc) is 2.47. The molecule has 4 nitrogen and oxygen atoms in total. The van der Waals surface area contributed by atoms with Gasteiger partial charge in [0.2, 0.25) is 0 Å². The molecule has 0 fully saturated rings. The zero-order chi connectivity index (χ0) is 15.3. The number of carbonyl (C=O) groups excluding carboxylic acids is 1. The quantitative estimate of drug-likeness (QED) is 0.401. The number of amides is 1. The van der Waals surface area contributed by atoms with Crippen molar-refractivity contribution in [2.75, 3.05) is 7.05 Å². The highest BCUT2D eigenvalue weighted by molar-refractivity contribution is 8.01. The third-order valence-electron chi connectivity index (χ3n) is 2.83. The lowest BCUT2D eigenvalue weighted by atomic mass is 10.1. The van der Waals surface area contributed by atoms with Crippen LogP contribution in [-0.4, -0.2) is 24.1 Å². The van der Waals surface area contributed by atoms with Crippen molar-refractivity contribution in [1.82, 2.24) is 5.32 Å². The van der Waals surface area contributed by atoms with Crippen LogP contribution in [0.3, 0.4) is 0 Å². The highest BCUT2D eigenvalue weighted by atomic mass is 32.2. The van der Waals surface area contributed by atoms with Gasteiger partial charge in [-0.25, -0.2) is 4.79 Å². The molecule has 1 amide bonds. The molecule has 0 aliphatic carbocycles. The number of fused-ring (bicyclic) bond motifs is 1. The predicted octanol–water partition coefficient (Wildman–Crippen LogP) is 4.05. The van der Waals surface area contributed by atoms with Gasteiger partial charge in [0.25, 0.3) is 0 Å². The summed E-state index contributed by atoms with van der Waals surface area (Å²) in [6.07, 6.45) is 1.06. The number of hydrogen-bond donors (Lipinski definition) is 1. The normalized spacial score (nSPS) is 11.8. The Morgan fingerprint density at radius 1 is 1.24 bits per heavy atom. The van der Waals surface area contributed by atoms with E-state index in [4.69, 9.17) is 0 Å². The second kappa shape index (κ2) is 6.63. The molecule has 2 rings (SSSR count). The van der Waals surface area contributed by atoms with E-state index in [1.54, 1.807) is 18.0 Å². The van der Waals surface area contributed by atoms with Crippen LogP contribution < -0.4 is 5.32 Å². The fourth-order valence-electron chi connectivity index (χ4n) is 1.84. The number of thioether (sulfide) groups is 1. The van der Waals surface area contributed by atoms with Crippen LogP contribution in [0.15, 0.2) is 52.5 Å². The van der Waals surface area contributed by atoms with Crippen molar-refractivity contribution >= 4 is 34.8 Å². The number of hydrogen-bond acceptors (Lipinski definition) is 4. The van der Waals surface area contributed by atoms with Crippen molar-refractivity contribution in [3.05, 3.63) is 42.5 Å². The maximum atomic E-state index is 11.0. The van der Waals surface area contributed by atoms with Crippen LogP contribution in [0.4, 0.5) is 4.79 Å². The summed E-state index contributed by atoms with van der Waals surface area (Å²) in [4.78, 5) is 16.8. The average molecular weight is 302 g/mol. The molecule has 21 heavy (non-hydrogen) atoms. The highest BCUT2D eigenvalue weighted by Crippen LogP contribution is 2.35. The molecule has 0 spiro atoms. The first-order valence-electron chi connectivity index (χ1n) is 6.62. The van der Waals surface area contributed by atoms with Gasteiger partial charge in [-0.3, -0.25) is 4.84 Å². The maximum absolute atomic E-state index is 11.0. The third kappa shape index (κ3) is 4.23. The summed E-state index contributed by atoms with van der Waals surface area (Å²) in [6, 6.07) is 14.5. The Bertz CT molecular complexity index is 663. The minimum Gasteiger partial charge on any atom is -0.323 e. The van der Waals surface area contributed by atoms with E-state index in [1.807, 2.05) is 32.0 Å². The standard InChI is InChI=1S/C16H18N2O2S/c1-16(2,11-18-20-15(19)17-3)21-14-10-6-8-12-7-4-5-9-13(12)14/h4-11H,1-3H3,(H,17,19). The van der Waals surface area contributed by atoms with Gasteiger partial charge in [0.15, 0.2) is 0 Å². The first-order valence-corrected chi connectivity index (χ1v) is 7.43. The summed E-state index contributed by atoms with van der Waals surface area (Å²) in [5, 5.41) is 8.49. The number of rotatable bonds is 4. The van der Waals surface area contributed by atoms with Gasteiger partial charge in [-0.1, -0.05) is 41.6 Å². The number of carbonyl (C=O) groups is 1. The van der Waals surface area contributed by atoms with Crippen molar-refractivity contribution in [3.63, 3.8) is 0 Å². The van der Waals surface area contributed by atoms with E-state index >= 15 is 0 Å². The largest absolute Gasteiger partial charge is 0.433 e. The molecule has 0 aliphatic rings. The van der Waals surface area contributed by atoms with Gasteiger partial charge >= 0.3 is 6.09 Å². The lowest BCUT2D eigenvalue weighted by molar-refractivity contribution is 0.153. The van der Waals surface area contributed by atoms with E-state index in [9.17, 15) is 4.79 Å². The van der Waals surface area contributed by atoms with Gasteiger partial charge in [-0.2, -0.15) is 0 Å². The zero-order valence-corrected chi connectivity index (χ0v) is 13.1. The Labute approximate surface area is 128 Å². The molecular formula is C16H18N2O2S. The topological polar surface area (TPSA) is 50.7 Å². The van der Waals surface area contributed by atoms with E-state index < -0.39 is 6.09 Å². The molecule has 0 radical (unpaired) electrons. The van der Waals surface area contributed by atoms with Crippen LogP contribution >= 0.6 is 11.8 Å². The van der Waals surface area contributed by atoms with Crippen LogP contribution in [-0.2, 0) is 4.84 Å². The Hall–Kier alpha value is -2.01. The molecular weight excluding hydrogens is 284 g/mol. The van der Waals surface area contributed by atoms with Crippen LogP contribution in [0.5, 0.6) is 0 Å². The summed E-state index contributed by atoms with van der Waals surface area (Å²) in [6.45, 7) is 4.05. The molecule has 0 heterocycles. The monoisotopic (exact) mass is 302 g/mol. The molecule has 2 aromatic rings. The van der Waals surface area contributed by atoms with Crippen molar-refractivity contribution in [2.24, 2.45) is 5.16 Å². The van der Waals surface area contributed by atoms with Crippen LogP contribution in [0.25, 0.3) is 10.8 Å². The summed E-state index contributed by atoms with van der Waals surface area (Å²) < 4.78 is -0.294. The van der Waals surface area contributed by atoms with E-state index in [-0.39, 0.29) is 4.75 Å². The predicted molar refractivity (Wildman–Crippen MR) is 87.9 cm³/mol. The number of benzene rings is 2. The van der Waals surface area contributed by atoms with Gasteiger partial charge in [0, 0.05) is 11.9 Å². The lowest BCUT2D eigenvalue weighted by Gasteiger charge is -2.19. The second-order valence-electron chi connectivity index (χ2n) is 5.05. The van der Waals surface area contributed by atoms with Crippen molar-refractivity contribution in [3.8, 4) is 0 Å². The van der Waals surface area contributed by atoms with Crippen LogP contribution in [0, 0.1) is 0 Å². The second-order valence-corrected chi connectivity index (χ2v) is 6.74. The SMILES string of the molecule is CNC(=O)ON=CC(C)(C)Sc1cccc2ccccc12. The first-order chi connectivity index (χ1) is 10.0.